The van der Waals surface area contributed by atoms with Crippen LogP contribution in [0.15, 0.2) is 52.3 Å². The Morgan fingerprint density at radius 2 is 1.86 bits per heavy atom. The van der Waals surface area contributed by atoms with E-state index in [4.69, 9.17) is 0 Å². The highest BCUT2D eigenvalue weighted by Crippen LogP contribution is 2.42. The van der Waals surface area contributed by atoms with Crippen LogP contribution in [0.25, 0.3) is 6.08 Å². The van der Waals surface area contributed by atoms with Crippen LogP contribution < -0.4 is 4.90 Å². The van der Waals surface area contributed by atoms with Gasteiger partial charge in [0.1, 0.15) is 0 Å². The molecule has 2 aromatic carbocycles. The lowest BCUT2D eigenvalue weighted by molar-refractivity contribution is -0.114. The Balaban J connectivity index is 1.62. The van der Waals surface area contributed by atoms with Crippen molar-refractivity contribution in [2.75, 3.05) is 25.0 Å². The van der Waals surface area contributed by atoms with Crippen LogP contribution in [0.3, 0.4) is 0 Å². The highest BCUT2D eigenvalue weighted by Gasteiger charge is 2.28. The average molecular weight is 393 g/mol. The molecule has 0 N–H and O–H groups in total. The maximum absolute atomic E-state index is 12.9. The second kappa shape index (κ2) is 7.84. The summed E-state index contributed by atoms with van der Waals surface area (Å²) in [7, 11) is 1.78. The van der Waals surface area contributed by atoms with E-state index < -0.39 is 0 Å². The Kier molecular flexibility index (Phi) is 5.27. The van der Waals surface area contributed by atoms with Gasteiger partial charge in [-0.15, -0.1) is 0 Å². The molecule has 4 nitrogen and oxygen atoms in total. The second-order valence-electron chi connectivity index (χ2n) is 7.42. The van der Waals surface area contributed by atoms with E-state index in [1.807, 2.05) is 54.3 Å². The number of likely N-dealkylation sites (tertiary alicyclic amines) is 1. The predicted molar refractivity (Wildman–Crippen MR) is 115 cm³/mol. The van der Waals surface area contributed by atoms with E-state index in [1.165, 1.54) is 18.2 Å². The van der Waals surface area contributed by atoms with E-state index in [9.17, 15) is 9.59 Å². The van der Waals surface area contributed by atoms with Crippen molar-refractivity contribution in [2.24, 2.45) is 0 Å². The summed E-state index contributed by atoms with van der Waals surface area (Å²) in [6.45, 7) is 3.69. The van der Waals surface area contributed by atoms with Crippen molar-refractivity contribution < 1.29 is 9.59 Å². The van der Waals surface area contributed by atoms with Crippen LogP contribution in [-0.4, -0.2) is 36.9 Å². The lowest BCUT2D eigenvalue weighted by Crippen LogP contribution is -2.36. The van der Waals surface area contributed by atoms with Gasteiger partial charge in [-0.2, -0.15) is 0 Å². The normalized spacial score (nSPS) is 18.4. The van der Waals surface area contributed by atoms with E-state index >= 15 is 0 Å². The van der Waals surface area contributed by atoms with Gasteiger partial charge in [-0.3, -0.25) is 9.59 Å². The molecule has 2 aliphatic rings. The topological polar surface area (TPSA) is 40.6 Å². The highest BCUT2D eigenvalue weighted by molar-refractivity contribution is 8.04. The third-order valence-electron chi connectivity index (χ3n) is 5.29. The first-order valence-electron chi connectivity index (χ1n) is 9.70. The van der Waals surface area contributed by atoms with Crippen LogP contribution in [0.4, 0.5) is 5.69 Å². The number of likely N-dealkylation sites (N-methyl/N-ethyl adjacent to an activating group) is 1. The predicted octanol–water partition coefficient (Wildman–Crippen LogP) is 4.73. The molecule has 2 aliphatic heterocycles. The fraction of sp³-hybridized carbons (Fsp3) is 0.304. The summed E-state index contributed by atoms with van der Waals surface area (Å²) < 4.78 is 0. The molecule has 0 unspecified atom stereocenters. The Morgan fingerprint density at radius 3 is 2.61 bits per heavy atom. The standard InChI is InChI=1S/C23H24N2O2S/c1-16-7-6-8-17(13-16)14-21-23(27)24(2)19-15-18(9-10-20(19)28-21)22(26)25-11-4-3-5-12-25/h6-10,13-15H,3-5,11-12H2,1-2H3. The van der Waals surface area contributed by atoms with Gasteiger partial charge in [0.15, 0.2) is 0 Å². The summed E-state index contributed by atoms with van der Waals surface area (Å²) in [5, 5.41) is 0. The van der Waals surface area contributed by atoms with Crippen molar-refractivity contribution in [2.45, 2.75) is 31.1 Å². The minimum Gasteiger partial charge on any atom is -0.339 e. The van der Waals surface area contributed by atoms with Gasteiger partial charge >= 0.3 is 0 Å². The molecule has 28 heavy (non-hydrogen) atoms. The number of rotatable bonds is 2. The Morgan fingerprint density at radius 1 is 1.07 bits per heavy atom. The Labute approximate surface area is 170 Å². The molecule has 0 aromatic heterocycles. The summed E-state index contributed by atoms with van der Waals surface area (Å²) in [6, 6.07) is 13.8. The molecule has 144 valence electrons. The summed E-state index contributed by atoms with van der Waals surface area (Å²) in [5.41, 5.74) is 3.65. The van der Waals surface area contributed by atoms with Crippen molar-refractivity contribution in [3.05, 3.63) is 64.1 Å². The molecule has 2 heterocycles. The number of amides is 2. The van der Waals surface area contributed by atoms with Crippen LogP contribution >= 0.6 is 11.8 Å². The first kappa shape index (κ1) is 18.8. The number of nitrogens with zero attached hydrogens (tertiary/aromatic N) is 2. The zero-order valence-electron chi connectivity index (χ0n) is 16.3. The van der Waals surface area contributed by atoms with Crippen LogP contribution in [0.5, 0.6) is 0 Å². The smallest absolute Gasteiger partial charge is 0.264 e. The highest BCUT2D eigenvalue weighted by atomic mass is 32.2. The molecule has 0 atom stereocenters. The van der Waals surface area contributed by atoms with Gasteiger partial charge < -0.3 is 9.80 Å². The number of anilines is 1. The fourth-order valence-electron chi connectivity index (χ4n) is 3.72. The number of benzene rings is 2. The molecule has 1 saturated heterocycles. The molecule has 0 radical (unpaired) electrons. The van der Waals surface area contributed by atoms with Crippen molar-refractivity contribution >= 4 is 35.3 Å². The van der Waals surface area contributed by atoms with E-state index in [1.54, 1.807) is 11.9 Å². The van der Waals surface area contributed by atoms with E-state index in [2.05, 4.69) is 6.07 Å². The molecule has 0 bridgehead atoms. The first-order chi connectivity index (χ1) is 13.5. The number of aryl methyl sites for hydroxylation is 1. The largest absolute Gasteiger partial charge is 0.339 e. The van der Waals surface area contributed by atoms with Gasteiger partial charge in [-0.25, -0.2) is 0 Å². The van der Waals surface area contributed by atoms with Crippen LogP contribution in [0.1, 0.15) is 40.7 Å². The summed E-state index contributed by atoms with van der Waals surface area (Å²) in [6.07, 6.45) is 5.26. The maximum atomic E-state index is 12.9. The van der Waals surface area contributed by atoms with Gasteiger partial charge in [-0.05, 0) is 56.0 Å². The molecule has 0 aliphatic carbocycles. The number of fused-ring (bicyclic) bond motifs is 1. The number of hydrogen-bond donors (Lipinski definition) is 0. The summed E-state index contributed by atoms with van der Waals surface area (Å²) in [5.74, 6) is 0.0241. The molecule has 2 aromatic rings. The summed E-state index contributed by atoms with van der Waals surface area (Å²) in [4.78, 5) is 31.0. The SMILES string of the molecule is Cc1cccc(C=C2Sc3ccc(C(=O)N4CCCCC4)cc3N(C)C2=O)c1. The zero-order chi connectivity index (χ0) is 19.7. The molecular weight excluding hydrogens is 368 g/mol. The second-order valence-corrected chi connectivity index (χ2v) is 8.51. The number of thioether (sulfide) groups is 1. The van der Waals surface area contributed by atoms with Crippen LogP contribution in [0, 0.1) is 6.92 Å². The van der Waals surface area contributed by atoms with Gasteiger partial charge in [-0.1, -0.05) is 41.6 Å². The molecular formula is C23H24N2O2S. The van der Waals surface area contributed by atoms with E-state index in [-0.39, 0.29) is 11.8 Å². The summed E-state index contributed by atoms with van der Waals surface area (Å²) >= 11 is 1.47. The maximum Gasteiger partial charge on any atom is 0.264 e. The first-order valence-corrected chi connectivity index (χ1v) is 10.5. The van der Waals surface area contributed by atoms with Gasteiger partial charge in [0.25, 0.3) is 11.8 Å². The quantitative estimate of drug-likeness (QED) is 0.694. The minimum atomic E-state index is -0.0402. The van der Waals surface area contributed by atoms with Crippen LogP contribution in [0.2, 0.25) is 0 Å². The van der Waals surface area contributed by atoms with Gasteiger partial charge in [0, 0.05) is 30.6 Å². The average Bonchev–Trinajstić information content (AvgIpc) is 2.72. The van der Waals surface area contributed by atoms with Gasteiger partial charge in [0.05, 0.1) is 10.6 Å². The molecule has 1 fully saturated rings. The number of carbonyl (C=O) groups is 2. The van der Waals surface area contributed by atoms with Gasteiger partial charge in [0.2, 0.25) is 0 Å². The van der Waals surface area contributed by atoms with Crippen LogP contribution in [-0.2, 0) is 4.79 Å². The molecule has 2 amide bonds. The third kappa shape index (κ3) is 3.72. The number of piperidine rings is 1. The van der Waals surface area contributed by atoms with Crippen molar-refractivity contribution in [1.82, 2.24) is 4.90 Å². The number of hydrogen-bond acceptors (Lipinski definition) is 3. The molecule has 0 saturated carbocycles. The molecule has 5 heteroatoms. The lowest BCUT2D eigenvalue weighted by atomic mass is 10.1. The molecule has 0 spiro atoms. The van der Waals surface area contributed by atoms with Crippen molar-refractivity contribution in [1.29, 1.82) is 0 Å². The van der Waals surface area contributed by atoms with E-state index in [0.717, 1.165) is 47.6 Å². The fourth-order valence-corrected chi connectivity index (χ4v) is 4.81. The zero-order valence-corrected chi connectivity index (χ0v) is 17.1. The van der Waals surface area contributed by atoms with Crippen molar-refractivity contribution in [3.63, 3.8) is 0 Å². The Bertz CT molecular complexity index is 961. The third-order valence-corrected chi connectivity index (χ3v) is 6.36. The number of carbonyl (C=O) groups excluding carboxylic acids is 2. The molecule has 4 rings (SSSR count). The van der Waals surface area contributed by atoms with Crippen molar-refractivity contribution in [3.8, 4) is 0 Å². The monoisotopic (exact) mass is 392 g/mol. The minimum absolute atomic E-state index is 0.0402. The Hall–Kier alpha value is -2.53. The van der Waals surface area contributed by atoms with E-state index in [0.29, 0.717) is 10.5 Å². The lowest BCUT2D eigenvalue weighted by Gasteiger charge is -2.29.